The monoisotopic (exact) mass is 314 g/mol. The van der Waals surface area contributed by atoms with Gasteiger partial charge in [-0.2, -0.15) is 0 Å². The Kier molecular flexibility index (Phi) is 9.45. The van der Waals surface area contributed by atoms with E-state index < -0.39 is 6.04 Å². The molecule has 0 heterocycles. The van der Waals surface area contributed by atoms with Gasteiger partial charge in [-0.1, -0.05) is 18.2 Å². The summed E-state index contributed by atoms with van der Waals surface area (Å²) in [5.41, 5.74) is 6.79. The van der Waals surface area contributed by atoms with Gasteiger partial charge in [0, 0.05) is 20.2 Å². The summed E-state index contributed by atoms with van der Waals surface area (Å²) in [5.74, 6) is 0.633. The standard InChI is InChI=1S/C15H22N2O3.ClH/c1-4-9-17(15(18)14(16)11-19-2)10-12-5-7-13(20-3)8-6-12;/h4-8,14H,1,9-11,16H2,2-3H3;1H. The van der Waals surface area contributed by atoms with Gasteiger partial charge in [0.15, 0.2) is 0 Å². The molecule has 1 aromatic rings. The van der Waals surface area contributed by atoms with E-state index >= 15 is 0 Å². The molecule has 0 saturated carbocycles. The maximum Gasteiger partial charge on any atom is 0.242 e. The molecule has 0 bridgehead atoms. The van der Waals surface area contributed by atoms with Crippen LogP contribution >= 0.6 is 12.4 Å². The van der Waals surface area contributed by atoms with Gasteiger partial charge in [0.25, 0.3) is 0 Å². The van der Waals surface area contributed by atoms with E-state index in [0.29, 0.717) is 13.1 Å². The number of nitrogens with two attached hydrogens (primary N) is 1. The number of carbonyl (C=O) groups is 1. The molecule has 0 aromatic heterocycles. The maximum atomic E-state index is 12.2. The Morgan fingerprint density at radius 3 is 2.48 bits per heavy atom. The Morgan fingerprint density at radius 1 is 1.38 bits per heavy atom. The van der Waals surface area contributed by atoms with Crippen molar-refractivity contribution >= 4 is 18.3 Å². The highest BCUT2D eigenvalue weighted by Gasteiger charge is 2.20. The molecular formula is C15H23ClN2O3. The molecule has 21 heavy (non-hydrogen) atoms. The van der Waals surface area contributed by atoms with Gasteiger partial charge in [-0.25, -0.2) is 0 Å². The number of methoxy groups -OCH3 is 2. The molecule has 1 atom stereocenters. The van der Waals surface area contributed by atoms with Gasteiger partial charge in [0.05, 0.1) is 13.7 Å². The van der Waals surface area contributed by atoms with Gasteiger partial charge in [-0.15, -0.1) is 19.0 Å². The summed E-state index contributed by atoms with van der Waals surface area (Å²) in [6, 6.07) is 6.91. The minimum Gasteiger partial charge on any atom is -0.497 e. The lowest BCUT2D eigenvalue weighted by molar-refractivity contribution is -0.133. The van der Waals surface area contributed by atoms with Gasteiger partial charge >= 0.3 is 0 Å². The number of amides is 1. The van der Waals surface area contributed by atoms with Gasteiger partial charge < -0.3 is 20.1 Å². The zero-order valence-corrected chi connectivity index (χ0v) is 13.3. The van der Waals surface area contributed by atoms with Crippen LogP contribution in [0.15, 0.2) is 36.9 Å². The number of benzene rings is 1. The van der Waals surface area contributed by atoms with Gasteiger partial charge in [0.1, 0.15) is 11.8 Å². The van der Waals surface area contributed by atoms with Gasteiger partial charge in [0.2, 0.25) is 5.91 Å². The summed E-state index contributed by atoms with van der Waals surface area (Å²) in [6.07, 6.45) is 1.68. The first-order valence-electron chi connectivity index (χ1n) is 6.39. The summed E-state index contributed by atoms with van der Waals surface area (Å²) < 4.78 is 10.0. The van der Waals surface area contributed by atoms with E-state index in [9.17, 15) is 4.79 Å². The van der Waals surface area contributed by atoms with Crippen molar-refractivity contribution in [2.45, 2.75) is 12.6 Å². The molecule has 0 saturated heterocycles. The average molecular weight is 315 g/mol. The Bertz CT molecular complexity index is 437. The molecule has 1 unspecified atom stereocenters. The number of rotatable bonds is 8. The van der Waals surface area contributed by atoms with Crippen LogP contribution < -0.4 is 10.5 Å². The molecule has 0 spiro atoms. The molecule has 2 N–H and O–H groups in total. The topological polar surface area (TPSA) is 64.8 Å². The third-order valence-electron chi connectivity index (χ3n) is 2.86. The Morgan fingerprint density at radius 2 is 2.00 bits per heavy atom. The second-order valence-electron chi connectivity index (χ2n) is 4.42. The number of nitrogens with zero attached hydrogens (tertiary/aromatic N) is 1. The molecule has 0 aliphatic carbocycles. The predicted octanol–water partition coefficient (Wildman–Crippen LogP) is 1.61. The number of carbonyl (C=O) groups excluding carboxylic acids is 1. The summed E-state index contributed by atoms with van der Waals surface area (Å²) in [6.45, 7) is 4.80. The fourth-order valence-corrected chi connectivity index (χ4v) is 1.82. The van der Waals surface area contributed by atoms with Crippen molar-refractivity contribution in [1.82, 2.24) is 4.90 Å². The number of hydrogen-bond acceptors (Lipinski definition) is 4. The van der Waals surface area contributed by atoms with Crippen LogP contribution in [-0.4, -0.2) is 44.2 Å². The largest absolute Gasteiger partial charge is 0.497 e. The van der Waals surface area contributed by atoms with Crippen LogP contribution in [0.2, 0.25) is 0 Å². The zero-order valence-electron chi connectivity index (χ0n) is 12.5. The molecule has 6 heteroatoms. The molecule has 0 radical (unpaired) electrons. The van der Waals surface area contributed by atoms with Gasteiger partial charge in [-0.05, 0) is 17.7 Å². The third-order valence-corrected chi connectivity index (χ3v) is 2.86. The highest BCUT2D eigenvalue weighted by Crippen LogP contribution is 2.13. The lowest BCUT2D eigenvalue weighted by Gasteiger charge is -2.24. The van der Waals surface area contributed by atoms with E-state index in [4.69, 9.17) is 15.2 Å². The summed E-state index contributed by atoms with van der Waals surface area (Å²) in [4.78, 5) is 13.9. The first-order chi connectivity index (χ1) is 9.62. The molecule has 0 aliphatic rings. The lowest BCUT2D eigenvalue weighted by atomic mass is 10.2. The molecule has 118 valence electrons. The lowest BCUT2D eigenvalue weighted by Crippen LogP contribution is -2.45. The Hall–Kier alpha value is -1.56. The van der Waals surface area contributed by atoms with Crippen LogP contribution in [0.1, 0.15) is 5.56 Å². The smallest absolute Gasteiger partial charge is 0.242 e. The van der Waals surface area contributed by atoms with Crippen molar-refractivity contribution < 1.29 is 14.3 Å². The fraction of sp³-hybridized carbons (Fsp3) is 0.400. The predicted molar refractivity (Wildman–Crippen MR) is 85.7 cm³/mol. The minimum atomic E-state index is -0.654. The Labute approximate surface area is 132 Å². The van der Waals surface area contributed by atoms with Crippen molar-refractivity contribution in [3.63, 3.8) is 0 Å². The van der Waals surface area contributed by atoms with E-state index in [1.807, 2.05) is 24.3 Å². The van der Waals surface area contributed by atoms with Gasteiger partial charge in [-0.3, -0.25) is 4.79 Å². The van der Waals surface area contributed by atoms with Crippen LogP contribution in [0.5, 0.6) is 5.75 Å². The van der Waals surface area contributed by atoms with E-state index in [-0.39, 0.29) is 24.9 Å². The molecule has 1 amide bonds. The van der Waals surface area contributed by atoms with Crippen molar-refractivity contribution in [3.8, 4) is 5.75 Å². The van der Waals surface area contributed by atoms with Crippen molar-refractivity contribution in [3.05, 3.63) is 42.5 Å². The van der Waals surface area contributed by atoms with Crippen molar-refractivity contribution in [2.24, 2.45) is 5.73 Å². The summed E-state index contributed by atoms with van der Waals surface area (Å²) in [7, 11) is 3.14. The van der Waals surface area contributed by atoms with Crippen LogP contribution in [0, 0.1) is 0 Å². The molecule has 1 rings (SSSR count). The summed E-state index contributed by atoms with van der Waals surface area (Å²) in [5, 5.41) is 0. The molecule has 0 aliphatic heterocycles. The molecular weight excluding hydrogens is 292 g/mol. The second kappa shape index (κ2) is 10.2. The van der Waals surface area contributed by atoms with E-state index in [1.165, 1.54) is 7.11 Å². The van der Waals surface area contributed by atoms with E-state index in [2.05, 4.69) is 6.58 Å². The minimum absolute atomic E-state index is 0. The second-order valence-corrected chi connectivity index (χ2v) is 4.42. The highest BCUT2D eigenvalue weighted by atomic mass is 35.5. The normalized spacial score (nSPS) is 11.2. The van der Waals surface area contributed by atoms with E-state index in [1.54, 1.807) is 18.1 Å². The average Bonchev–Trinajstić information content (AvgIpc) is 2.47. The van der Waals surface area contributed by atoms with Crippen LogP contribution in [0.4, 0.5) is 0 Å². The maximum absolute atomic E-state index is 12.2. The first-order valence-corrected chi connectivity index (χ1v) is 6.39. The fourth-order valence-electron chi connectivity index (χ4n) is 1.82. The van der Waals surface area contributed by atoms with E-state index in [0.717, 1.165) is 11.3 Å². The summed E-state index contributed by atoms with van der Waals surface area (Å²) >= 11 is 0. The van der Waals surface area contributed by atoms with Crippen molar-refractivity contribution in [2.75, 3.05) is 27.4 Å². The quantitative estimate of drug-likeness (QED) is 0.740. The number of halogens is 1. The first kappa shape index (κ1) is 19.4. The SMILES string of the molecule is C=CCN(Cc1ccc(OC)cc1)C(=O)C(N)COC.Cl. The molecule has 1 aromatic carbocycles. The van der Waals surface area contributed by atoms with Crippen LogP contribution in [0.25, 0.3) is 0 Å². The number of ether oxygens (including phenoxy) is 2. The van der Waals surface area contributed by atoms with Crippen LogP contribution in [-0.2, 0) is 16.1 Å². The Balaban J connectivity index is 0.00000400. The van der Waals surface area contributed by atoms with Crippen LogP contribution in [0.3, 0.4) is 0 Å². The molecule has 5 nitrogen and oxygen atoms in total. The highest BCUT2D eigenvalue weighted by molar-refractivity contribution is 5.85. The number of hydrogen-bond donors (Lipinski definition) is 1. The molecule has 0 fully saturated rings. The van der Waals surface area contributed by atoms with Crippen molar-refractivity contribution in [1.29, 1.82) is 0 Å². The zero-order chi connectivity index (χ0) is 15.0. The third kappa shape index (κ3) is 6.16.